The zero-order valence-corrected chi connectivity index (χ0v) is 11.3. The van der Waals surface area contributed by atoms with Crippen LogP contribution < -0.4 is 5.43 Å². The molecule has 1 heterocycles. The topological polar surface area (TPSA) is 97.5 Å². The van der Waals surface area contributed by atoms with Gasteiger partial charge in [0.05, 0.1) is 21.7 Å². The normalized spacial score (nSPS) is 10.5. The summed E-state index contributed by atoms with van der Waals surface area (Å²) < 4.78 is 0. The number of pyridine rings is 1. The monoisotopic (exact) mass is 304 g/mol. The van der Waals surface area contributed by atoms with E-state index in [9.17, 15) is 14.9 Å². The maximum atomic E-state index is 11.7. The number of nitro benzene ring substituents is 1. The van der Waals surface area contributed by atoms with E-state index in [-0.39, 0.29) is 16.3 Å². The highest BCUT2D eigenvalue weighted by atomic mass is 35.5. The van der Waals surface area contributed by atoms with Crippen LogP contribution in [0.4, 0.5) is 5.69 Å². The standard InChI is InChI=1S/C13H9ClN4O3/c14-11-2-1-3-12(18(20)21)10(11)8-16-17-13(19)9-4-6-15-7-5-9/h1-8H,(H,17,19)/b16-8-. The smallest absolute Gasteiger partial charge is 0.267 e. The SMILES string of the molecule is O=C(N/N=C\c1c(Cl)cccc1[N+](=O)[O-])c1ccncc1. The number of hydrogen-bond donors (Lipinski definition) is 1. The summed E-state index contributed by atoms with van der Waals surface area (Å²) >= 11 is 5.89. The van der Waals surface area contributed by atoms with Gasteiger partial charge in [0.1, 0.15) is 0 Å². The Hall–Kier alpha value is -2.80. The number of hydrogen-bond acceptors (Lipinski definition) is 5. The van der Waals surface area contributed by atoms with Crippen LogP contribution in [0, 0.1) is 10.1 Å². The van der Waals surface area contributed by atoms with Crippen LogP contribution in [0.3, 0.4) is 0 Å². The molecule has 1 aromatic carbocycles. The molecule has 2 aromatic rings. The minimum Gasteiger partial charge on any atom is -0.267 e. The van der Waals surface area contributed by atoms with Crippen molar-refractivity contribution in [3.05, 3.63) is 69.0 Å². The highest BCUT2D eigenvalue weighted by Gasteiger charge is 2.14. The predicted octanol–water partition coefficient (Wildman–Crippen LogP) is 2.41. The van der Waals surface area contributed by atoms with Crippen molar-refractivity contribution in [2.75, 3.05) is 0 Å². The van der Waals surface area contributed by atoms with Gasteiger partial charge in [0.25, 0.3) is 11.6 Å². The number of rotatable bonds is 4. The fourth-order valence-electron chi connectivity index (χ4n) is 1.54. The number of nitro groups is 1. The third kappa shape index (κ3) is 3.61. The molecule has 0 spiro atoms. The molecule has 1 aromatic heterocycles. The van der Waals surface area contributed by atoms with Gasteiger partial charge in [0, 0.05) is 24.0 Å². The summed E-state index contributed by atoms with van der Waals surface area (Å²) in [6.07, 6.45) is 4.08. The summed E-state index contributed by atoms with van der Waals surface area (Å²) in [5.74, 6) is -0.455. The summed E-state index contributed by atoms with van der Waals surface area (Å²) in [5, 5.41) is 14.7. The summed E-state index contributed by atoms with van der Waals surface area (Å²) in [7, 11) is 0. The summed E-state index contributed by atoms with van der Waals surface area (Å²) in [4.78, 5) is 25.8. The zero-order chi connectivity index (χ0) is 15.2. The van der Waals surface area contributed by atoms with Crippen molar-refractivity contribution in [3.8, 4) is 0 Å². The molecule has 21 heavy (non-hydrogen) atoms. The van der Waals surface area contributed by atoms with Crippen molar-refractivity contribution < 1.29 is 9.72 Å². The van der Waals surface area contributed by atoms with Crippen LogP contribution in [0.1, 0.15) is 15.9 Å². The number of benzene rings is 1. The van der Waals surface area contributed by atoms with Gasteiger partial charge in [-0.05, 0) is 18.2 Å². The van der Waals surface area contributed by atoms with Crippen LogP contribution >= 0.6 is 11.6 Å². The molecule has 0 aliphatic rings. The molecule has 0 saturated carbocycles. The van der Waals surface area contributed by atoms with E-state index in [1.165, 1.54) is 42.7 Å². The lowest BCUT2D eigenvalue weighted by atomic mass is 10.2. The van der Waals surface area contributed by atoms with Crippen molar-refractivity contribution in [3.63, 3.8) is 0 Å². The first kappa shape index (κ1) is 14.6. The van der Waals surface area contributed by atoms with Gasteiger partial charge in [0.2, 0.25) is 0 Å². The van der Waals surface area contributed by atoms with E-state index >= 15 is 0 Å². The van der Waals surface area contributed by atoms with E-state index in [1.807, 2.05) is 0 Å². The van der Waals surface area contributed by atoms with Crippen LogP contribution in [0.15, 0.2) is 47.8 Å². The number of carbonyl (C=O) groups is 1. The van der Waals surface area contributed by atoms with Crippen molar-refractivity contribution in [1.29, 1.82) is 0 Å². The predicted molar refractivity (Wildman–Crippen MR) is 77.4 cm³/mol. The average Bonchev–Trinajstić information content (AvgIpc) is 2.49. The molecule has 0 unspecified atom stereocenters. The maximum Gasteiger partial charge on any atom is 0.279 e. The molecule has 0 fully saturated rings. The van der Waals surface area contributed by atoms with Gasteiger partial charge in [-0.1, -0.05) is 17.7 Å². The van der Waals surface area contributed by atoms with Crippen molar-refractivity contribution in [2.24, 2.45) is 5.10 Å². The molecule has 0 saturated heterocycles. The average molecular weight is 305 g/mol. The van der Waals surface area contributed by atoms with E-state index in [4.69, 9.17) is 11.6 Å². The Morgan fingerprint density at radius 2 is 2.05 bits per heavy atom. The lowest BCUT2D eigenvalue weighted by Gasteiger charge is -2.01. The van der Waals surface area contributed by atoms with E-state index in [1.54, 1.807) is 0 Å². The van der Waals surface area contributed by atoms with Crippen molar-refractivity contribution in [1.82, 2.24) is 10.4 Å². The number of hydrazone groups is 1. The van der Waals surface area contributed by atoms with Crippen LogP contribution in [-0.2, 0) is 0 Å². The fraction of sp³-hybridized carbons (Fsp3) is 0. The molecule has 2 rings (SSSR count). The van der Waals surface area contributed by atoms with Gasteiger partial charge >= 0.3 is 0 Å². The van der Waals surface area contributed by atoms with Gasteiger partial charge in [-0.2, -0.15) is 5.10 Å². The Balaban J connectivity index is 2.16. The third-order valence-corrected chi connectivity index (χ3v) is 2.86. The molecule has 0 aliphatic carbocycles. The fourth-order valence-corrected chi connectivity index (χ4v) is 1.75. The summed E-state index contributed by atoms with van der Waals surface area (Å²) in [6, 6.07) is 7.30. The molecule has 1 N–H and O–H groups in total. The van der Waals surface area contributed by atoms with Crippen LogP contribution in [0.5, 0.6) is 0 Å². The van der Waals surface area contributed by atoms with Crippen LogP contribution in [-0.4, -0.2) is 22.0 Å². The molecular weight excluding hydrogens is 296 g/mol. The Morgan fingerprint density at radius 1 is 1.33 bits per heavy atom. The van der Waals surface area contributed by atoms with Gasteiger partial charge in [-0.3, -0.25) is 19.9 Å². The molecule has 1 amide bonds. The molecule has 0 radical (unpaired) electrons. The van der Waals surface area contributed by atoms with Gasteiger partial charge in [-0.15, -0.1) is 0 Å². The Labute approximate surface area is 124 Å². The molecule has 106 valence electrons. The summed E-state index contributed by atoms with van der Waals surface area (Å²) in [6.45, 7) is 0. The molecule has 8 heteroatoms. The van der Waals surface area contributed by atoms with Crippen LogP contribution in [0.2, 0.25) is 5.02 Å². The maximum absolute atomic E-state index is 11.7. The van der Waals surface area contributed by atoms with Gasteiger partial charge in [-0.25, -0.2) is 5.43 Å². The van der Waals surface area contributed by atoms with E-state index in [2.05, 4.69) is 15.5 Å². The second-order valence-corrected chi connectivity index (χ2v) is 4.27. The third-order valence-electron chi connectivity index (χ3n) is 2.53. The van der Waals surface area contributed by atoms with Crippen molar-refractivity contribution in [2.45, 2.75) is 0 Å². The molecule has 0 bridgehead atoms. The minimum atomic E-state index is -0.572. The minimum absolute atomic E-state index is 0.124. The number of amides is 1. The summed E-state index contributed by atoms with van der Waals surface area (Å²) in [5.41, 5.74) is 2.57. The number of nitrogens with zero attached hydrogens (tertiary/aromatic N) is 3. The second kappa shape index (κ2) is 6.58. The highest BCUT2D eigenvalue weighted by molar-refractivity contribution is 6.33. The van der Waals surface area contributed by atoms with Gasteiger partial charge in [0.15, 0.2) is 0 Å². The number of carbonyl (C=O) groups excluding carboxylic acids is 1. The van der Waals surface area contributed by atoms with E-state index in [0.29, 0.717) is 5.56 Å². The van der Waals surface area contributed by atoms with Crippen LogP contribution in [0.25, 0.3) is 0 Å². The van der Waals surface area contributed by atoms with Crippen molar-refractivity contribution >= 4 is 29.4 Å². The molecular formula is C13H9ClN4O3. The first-order valence-electron chi connectivity index (χ1n) is 5.76. The Bertz CT molecular complexity index is 704. The first-order chi connectivity index (χ1) is 10.1. The zero-order valence-electron chi connectivity index (χ0n) is 10.6. The number of aromatic nitrogens is 1. The number of nitrogens with one attached hydrogen (secondary N) is 1. The number of halogens is 1. The van der Waals surface area contributed by atoms with Gasteiger partial charge < -0.3 is 0 Å². The lowest BCUT2D eigenvalue weighted by Crippen LogP contribution is -2.17. The second-order valence-electron chi connectivity index (χ2n) is 3.86. The largest absolute Gasteiger partial charge is 0.279 e. The molecule has 0 aliphatic heterocycles. The Morgan fingerprint density at radius 3 is 2.71 bits per heavy atom. The quantitative estimate of drug-likeness (QED) is 0.533. The Kier molecular flexibility index (Phi) is 4.57. The van der Waals surface area contributed by atoms with E-state index in [0.717, 1.165) is 6.21 Å². The first-order valence-corrected chi connectivity index (χ1v) is 6.13. The molecule has 7 nitrogen and oxygen atoms in total. The molecule has 0 atom stereocenters. The highest BCUT2D eigenvalue weighted by Crippen LogP contribution is 2.24. The van der Waals surface area contributed by atoms with E-state index < -0.39 is 10.8 Å². The lowest BCUT2D eigenvalue weighted by molar-refractivity contribution is -0.385.